The van der Waals surface area contributed by atoms with Gasteiger partial charge in [0.05, 0.1) is 0 Å². The molecule has 0 bridgehead atoms. The van der Waals surface area contributed by atoms with Gasteiger partial charge in [0.1, 0.15) is 0 Å². The lowest BCUT2D eigenvalue weighted by molar-refractivity contribution is 0.510. The van der Waals surface area contributed by atoms with Crippen LogP contribution in [0.1, 0.15) is 44.2 Å². The van der Waals surface area contributed by atoms with Crippen LogP contribution in [0.25, 0.3) is 0 Å². The van der Waals surface area contributed by atoms with Gasteiger partial charge in [-0.15, -0.1) is 11.8 Å². The van der Waals surface area contributed by atoms with Crippen LogP contribution in [-0.2, 0) is 0 Å². The fourth-order valence-corrected chi connectivity index (χ4v) is 2.85. The van der Waals surface area contributed by atoms with E-state index in [2.05, 4.69) is 51.2 Å². The second-order valence-corrected chi connectivity index (χ2v) is 6.26. The van der Waals surface area contributed by atoms with E-state index in [1.807, 2.05) is 11.8 Å². The molecule has 0 saturated heterocycles. The fourth-order valence-electron chi connectivity index (χ4n) is 1.88. The van der Waals surface area contributed by atoms with E-state index in [9.17, 15) is 0 Å². The Bertz CT molecular complexity index is 349. The monoisotopic (exact) mass is 265 g/mol. The molecule has 0 aliphatic heterocycles. The molecule has 1 unspecified atom stereocenters. The largest absolute Gasteiger partial charge is 0.314 e. The average Bonchev–Trinajstić information content (AvgIpc) is 2.36. The lowest BCUT2D eigenvalue weighted by Gasteiger charge is -2.12. The second-order valence-electron chi connectivity index (χ2n) is 5.09. The first-order valence-electron chi connectivity index (χ1n) is 7.07. The fraction of sp³-hybridized carbons (Fsp3) is 0.625. The van der Waals surface area contributed by atoms with Gasteiger partial charge in [-0.1, -0.05) is 13.0 Å². The van der Waals surface area contributed by atoms with Crippen LogP contribution in [0.4, 0.5) is 0 Å². The van der Waals surface area contributed by atoms with E-state index in [4.69, 9.17) is 0 Å². The Labute approximate surface area is 117 Å². The van der Waals surface area contributed by atoms with Gasteiger partial charge in [0.25, 0.3) is 0 Å². The number of hydrogen-bond donors (Lipinski definition) is 1. The topological polar surface area (TPSA) is 12.0 Å². The number of thioether (sulfide) groups is 1. The number of benzene rings is 1. The van der Waals surface area contributed by atoms with Crippen LogP contribution < -0.4 is 5.32 Å². The van der Waals surface area contributed by atoms with Crippen molar-refractivity contribution >= 4 is 11.8 Å². The molecule has 1 aromatic rings. The van der Waals surface area contributed by atoms with Crippen LogP contribution in [0, 0.1) is 13.8 Å². The molecule has 2 heteroatoms. The molecule has 18 heavy (non-hydrogen) atoms. The van der Waals surface area contributed by atoms with Crippen molar-refractivity contribution in [2.75, 3.05) is 12.3 Å². The second kappa shape index (κ2) is 8.60. The third-order valence-corrected chi connectivity index (χ3v) is 4.35. The standard InChI is InChI=1S/C16H27NS/c1-5-10-17-15(4)7-6-11-18-16-9-8-13(2)14(3)12-16/h8-9,12,15,17H,5-7,10-11H2,1-4H3. The molecule has 0 aliphatic carbocycles. The summed E-state index contributed by atoms with van der Waals surface area (Å²) < 4.78 is 0. The van der Waals surface area contributed by atoms with Gasteiger partial charge in [-0.3, -0.25) is 0 Å². The highest BCUT2D eigenvalue weighted by Gasteiger charge is 2.01. The minimum absolute atomic E-state index is 0.658. The molecule has 0 spiro atoms. The lowest BCUT2D eigenvalue weighted by Crippen LogP contribution is -2.26. The van der Waals surface area contributed by atoms with Crippen molar-refractivity contribution in [3.05, 3.63) is 29.3 Å². The Morgan fingerprint density at radius 1 is 1.22 bits per heavy atom. The summed E-state index contributed by atoms with van der Waals surface area (Å²) in [6.45, 7) is 10.0. The van der Waals surface area contributed by atoms with Crippen LogP contribution in [-0.4, -0.2) is 18.3 Å². The van der Waals surface area contributed by atoms with E-state index >= 15 is 0 Å². The first-order chi connectivity index (χ1) is 8.63. The molecule has 1 atom stereocenters. The molecule has 0 amide bonds. The first-order valence-corrected chi connectivity index (χ1v) is 8.05. The van der Waals surface area contributed by atoms with Crippen LogP contribution in [0.2, 0.25) is 0 Å². The molecule has 1 rings (SSSR count). The van der Waals surface area contributed by atoms with Gasteiger partial charge in [0, 0.05) is 10.9 Å². The Morgan fingerprint density at radius 2 is 2.00 bits per heavy atom. The maximum atomic E-state index is 3.54. The molecular weight excluding hydrogens is 238 g/mol. The third-order valence-electron chi connectivity index (χ3n) is 3.27. The SMILES string of the molecule is CCCNC(C)CCCSc1ccc(C)c(C)c1. The number of aryl methyl sites for hydroxylation is 2. The van der Waals surface area contributed by atoms with Crippen molar-refractivity contribution in [1.29, 1.82) is 0 Å². The first kappa shape index (κ1) is 15.6. The quantitative estimate of drug-likeness (QED) is 0.546. The molecule has 0 aliphatic rings. The molecule has 0 aromatic heterocycles. The summed E-state index contributed by atoms with van der Waals surface area (Å²) in [5.74, 6) is 1.22. The van der Waals surface area contributed by atoms with Gasteiger partial charge in [0.15, 0.2) is 0 Å². The molecule has 0 fully saturated rings. The summed E-state index contributed by atoms with van der Waals surface area (Å²) in [5, 5.41) is 3.54. The van der Waals surface area contributed by atoms with E-state index in [1.54, 1.807) is 0 Å². The Balaban J connectivity index is 2.19. The van der Waals surface area contributed by atoms with Crippen LogP contribution in [0.3, 0.4) is 0 Å². The molecule has 1 aromatic carbocycles. The lowest BCUT2D eigenvalue weighted by atomic mass is 10.1. The van der Waals surface area contributed by atoms with Crippen LogP contribution in [0.5, 0.6) is 0 Å². The highest BCUT2D eigenvalue weighted by atomic mass is 32.2. The zero-order valence-electron chi connectivity index (χ0n) is 12.3. The highest BCUT2D eigenvalue weighted by Crippen LogP contribution is 2.22. The Kier molecular flexibility index (Phi) is 7.45. The molecule has 102 valence electrons. The summed E-state index contributed by atoms with van der Waals surface area (Å²) in [4.78, 5) is 1.41. The molecule has 1 N–H and O–H groups in total. The van der Waals surface area contributed by atoms with Crippen LogP contribution >= 0.6 is 11.8 Å². The predicted molar refractivity (Wildman–Crippen MR) is 83.6 cm³/mol. The molecule has 0 radical (unpaired) electrons. The van der Waals surface area contributed by atoms with Crippen molar-refractivity contribution in [2.24, 2.45) is 0 Å². The van der Waals surface area contributed by atoms with Gasteiger partial charge in [-0.25, -0.2) is 0 Å². The summed E-state index contributed by atoms with van der Waals surface area (Å²) in [5.41, 5.74) is 2.79. The minimum Gasteiger partial charge on any atom is -0.314 e. The van der Waals surface area contributed by atoms with Gasteiger partial charge < -0.3 is 5.32 Å². The smallest absolute Gasteiger partial charge is 0.00747 e. The number of nitrogens with one attached hydrogen (secondary N) is 1. The summed E-state index contributed by atoms with van der Waals surface area (Å²) in [6.07, 6.45) is 3.79. The molecule has 0 saturated carbocycles. The predicted octanol–water partition coefficient (Wildman–Crippen LogP) is 4.56. The van der Waals surface area contributed by atoms with E-state index in [1.165, 1.54) is 41.0 Å². The summed E-state index contributed by atoms with van der Waals surface area (Å²) in [6, 6.07) is 7.43. The highest BCUT2D eigenvalue weighted by molar-refractivity contribution is 7.99. The third kappa shape index (κ3) is 5.92. The van der Waals surface area contributed by atoms with Crippen molar-refractivity contribution in [3.63, 3.8) is 0 Å². The summed E-state index contributed by atoms with van der Waals surface area (Å²) in [7, 11) is 0. The van der Waals surface area contributed by atoms with Crippen molar-refractivity contribution in [3.8, 4) is 0 Å². The maximum absolute atomic E-state index is 3.54. The van der Waals surface area contributed by atoms with Crippen molar-refractivity contribution in [1.82, 2.24) is 5.32 Å². The molecular formula is C16H27NS. The van der Waals surface area contributed by atoms with Crippen LogP contribution in [0.15, 0.2) is 23.1 Å². The van der Waals surface area contributed by atoms with Crippen molar-refractivity contribution < 1.29 is 0 Å². The van der Waals surface area contributed by atoms with E-state index in [-0.39, 0.29) is 0 Å². The minimum atomic E-state index is 0.658. The van der Waals surface area contributed by atoms with E-state index < -0.39 is 0 Å². The average molecular weight is 265 g/mol. The van der Waals surface area contributed by atoms with Gasteiger partial charge in [-0.05, 0) is 75.6 Å². The Morgan fingerprint density at radius 3 is 2.67 bits per heavy atom. The zero-order chi connectivity index (χ0) is 13.4. The number of hydrogen-bond acceptors (Lipinski definition) is 2. The number of rotatable bonds is 8. The summed E-state index contributed by atoms with van der Waals surface area (Å²) >= 11 is 1.98. The van der Waals surface area contributed by atoms with E-state index in [0.29, 0.717) is 6.04 Å². The normalized spacial score (nSPS) is 12.7. The molecule has 1 nitrogen and oxygen atoms in total. The van der Waals surface area contributed by atoms with Gasteiger partial charge in [-0.2, -0.15) is 0 Å². The molecule has 0 heterocycles. The zero-order valence-corrected chi connectivity index (χ0v) is 13.1. The van der Waals surface area contributed by atoms with Crippen molar-refractivity contribution in [2.45, 2.75) is 57.9 Å². The van der Waals surface area contributed by atoms with E-state index in [0.717, 1.165) is 6.54 Å². The maximum Gasteiger partial charge on any atom is 0.00747 e. The van der Waals surface area contributed by atoms with Gasteiger partial charge >= 0.3 is 0 Å². The van der Waals surface area contributed by atoms with Gasteiger partial charge in [0.2, 0.25) is 0 Å². The Hall–Kier alpha value is -0.470.